The molecule has 3 rings (SSSR count). The van der Waals surface area contributed by atoms with Gasteiger partial charge < -0.3 is 10.1 Å². The SMILES string of the molecule is O=C(N[C@@H](c1ccccc1)C1CC1)[C@H]1CCCO1. The molecule has 2 aliphatic rings. The van der Waals surface area contributed by atoms with E-state index < -0.39 is 0 Å². The lowest BCUT2D eigenvalue weighted by Crippen LogP contribution is -2.37. The summed E-state index contributed by atoms with van der Waals surface area (Å²) in [5, 5.41) is 3.17. The zero-order valence-corrected chi connectivity index (χ0v) is 10.5. The summed E-state index contributed by atoms with van der Waals surface area (Å²) in [6.45, 7) is 0.720. The maximum absolute atomic E-state index is 12.1. The normalized spacial score (nSPS) is 24.8. The van der Waals surface area contributed by atoms with E-state index in [4.69, 9.17) is 4.74 Å². The fourth-order valence-electron chi connectivity index (χ4n) is 2.59. The van der Waals surface area contributed by atoms with E-state index in [-0.39, 0.29) is 18.1 Å². The molecule has 0 bridgehead atoms. The van der Waals surface area contributed by atoms with Gasteiger partial charge in [-0.05, 0) is 37.2 Å². The fourth-order valence-corrected chi connectivity index (χ4v) is 2.59. The van der Waals surface area contributed by atoms with Gasteiger partial charge in [0.15, 0.2) is 0 Å². The first-order valence-corrected chi connectivity index (χ1v) is 6.81. The van der Waals surface area contributed by atoms with E-state index in [9.17, 15) is 4.79 Å². The summed E-state index contributed by atoms with van der Waals surface area (Å²) in [7, 11) is 0. The number of nitrogens with one attached hydrogen (secondary N) is 1. The summed E-state index contributed by atoms with van der Waals surface area (Å²) >= 11 is 0. The van der Waals surface area contributed by atoms with Crippen molar-refractivity contribution in [3.05, 3.63) is 35.9 Å². The Balaban J connectivity index is 1.69. The zero-order chi connectivity index (χ0) is 12.4. The van der Waals surface area contributed by atoms with E-state index in [0.717, 1.165) is 19.4 Å². The van der Waals surface area contributed by atoms with Crippen molar-refractivity contribution in [2.45, 2.75) is 37.8 Å². The molecule has 1 N–H and O–H groups in total. The summed E-state index contributed by atoms with van der Waals surface area (Å²) in [6, 6.07) is 10.4. The van der Waals surface area contributed by atoms with E-state index >= 15 is 0 Å². The predicted octanol–water partition coefficient (Wildman–Crippen LogP) is 2.43. The molecule has 1 aromatic rings. The van der Waals surface area contributed by atoms with Gasteiger partial charge in [-0.15, -0.1) is 0 Å². The Hall–Kier alpha value is -1.35. The summed E-state index contributed by atoms with van der Waals surface area (Å²) in [5.74, 6) is 0.672. The minimum Gasteiger partial charge on any atom is -0.368 e. The lowest BCUT2D eigenvalue weighted by Gasteiger charge is -2.20. The molecule has 0 spiro atoms. The molecule has 1 aliphatic heterocycles. The van der Waals surface area contributed by atoms with Crippen LogP contribution in [0.2, 0.25) is 0 Å². The molecule has 0 unspecified atom stereocenters. The van der Waals surface area contributed by atoms with Crippen LogP contribution in [0.15, 0.2) is 30.3 Å². The summed E-state index contributed by atoms with van der Waals surface area (Å²) in [4.78, 5) is 12.1. The minimum atomic E-state index is -0.227. The molecule has 1 aliphatic carbocycles. The molecule has 1 saturated carbocycles. The van der Waals surface area contributed by atoms with Gasteiger partial charge in [-0.1, -0.05) is 30.3 Å². The van der Waals surface area contributed by atoms with Crippen LogP contribution in [0.1, 0.15) is 37.3 Å². The van der Waals surface area contributed by atoms with E-state index in [0.29, 0.717) is 5.92 Å². The van der Waals surface area contributed by atoms with Crippen molar-refractivity contribution in [1.29, 1.82) is 0 Å². The van der Waals surface area contributed by atoms with Crippen molar-refractivity contribution >= 4 is 5.91 Å². The second kappa shape index (κ2) is 5.11. The number of benzene rings is 1. The second-order valence-corrected chi connectivity index (χ2v) is 5.24. The molecule has 1 amide bonds. The lowest BCUT2D eigenvalue weighted by molar-refractivity contribution is -0.131. The highest BCUT2D eigenvalue weighted by molar-refractivity contribution is 5.81. The van der Waals surface area contributed by atoms with Gasteiger partial charge >= 0.3 is 0 Å². The van der Waals surface area contributed by atoms with Crippen LogP contribution in [0.3, 0.4) is 0 Å². The highest BCUT2D eigenvalue weighted by Crippen LogP contribution is 2.41. The van der Waals surface area contributed by atoms with Gasteiger partial charge in [0.2, 0.25) is 5.91 Å². The van der Waals surface area contributed by atoms with Crippen LogP contribution >= 0.6 is 0 Å². The first-order valence-electron chi connectivity index (χ1n) is 6.81. The lowest BCUT2D eigenvalue weighted by atomic mass is 10.0. The number of carbonyl (C=O) groups excluding carboxylic acids is 1. The van der Waals surface area contributed by atoms with Crippen molar-refractivity contribution < 1.29 is 9.53 Å². The molecule has 1 saturated heterocycles. The Bertz CT molecular complexity index is 408. The monoisotopic (exact) mass is 245 g/mol. The van der Waals surface area contributed by atoms with Gasteiger partial charge in [0, 0.05) is 6.61 Å². The topological polar surface area (TPSA) is 38.3 Å². The second-order valence-electron chi connectivity index (χ2n) is 5.24. The minimum absolute atomic E-state index is 0.0632. The van der Waals surface area contributed by atoms with Gasteiger partial charge in [0.1, 0.15) is 6.10 Å². The standard InChI is InChI=1S/C15H19NO2/c17-15(13-7-4-10-18-13)16-14(12-8-9-12)11-5-2-1-3-6-11/h1-3,5-6,12-14H,4,7-10H2,(H,16,17)/t13-,14+/m1/s1. The van der Waals surface area contributed by atoms with Crippen LogP contribution in [-0.4, -0.2) is 18.6 Å². The Morgan fingerprint density at radius 2 is 2.00 bits per heavy atom. The number of hydrogen-bond donors (Lipinski definition) is 1. The van der Waals surface area contributed by atoms with Crippen molar-refractivity contribution in [1.82, 2.24) is 5.32 Å². The van der Waals surface area contributed by atoms with Gasteiger partial charge in [-0.3, -0.25) is 4.79 Å². The van der Waals surface area contributed by atoms with E-state index in [2.05, 4.69) is 17.4 Å². The number of amides is 1. The molecule has 3 nitrogen and oxygen atoms in total. The van der Waals surface area contributed by atoms with Crippen LogP contribution in [-0.2, 0) is 9.53 Å². The van der Waals surface area contributed by atoms with Crippen molar-refractivity contribution in [2.75, 3.05) is 6.61 Å². The third-order valence-corrected chi connectivity index (χ3v) is 3.77. The van der Waals surface area contributed by atoms with Crippen LogP contribution < -0.4 is 5.32 Å². The molecular weight excluding hydrogens is 226 g/mol. The van der Waals surface area contributed by atoms with Gasteiger partial charge in [-0.25, -0.2) is 0 Å². The molecule has 2 fully saturated rings. The Kier molecular flexibility index (Phi) is 3.33. The van der Waals surface area contributed by atoms with Crippen LogP contribution in [0.25, 0.3) is 0 Å². The molecule has 1 heterocycles. The van der Waals surface area contributed by atoms with Crippen molar-refractivity contribution in [2.24, 2.45) is 5.92 Å². The number of carbonyl (C=O) groups is 1. The summed E-state index contributed by atoms with van der Waals surface area (Å²) < 4.78 is 5.44. The van der Waals surface area contributed by atoms with E-state index in [1.165, 1.54) is 18.4 Å². The maximum Gasteiger partial charge on any atom is 0.249 e. The molecule has 18 heavy (non-hydrogen) atoms. The largest absolute Gasteiger partial charge is 0.368 e. The zero-order valence-electron chi connectivity index (χ0n) is 10.5. The Morgan fingerprint density at radius 1 is 1.22 bits per heavy atom. The molecule has 0 radical (unpaired) electrons. The fraction of sp³-hybridized carbons (Fsp3) is 0.533. The number of rotatable bonds is 4. The molecule has 3 heteroatoms. The average Bonchev–Trinajstić information content (AvgIpc) is 3.10. The Morgan fingerprint density at radius 3 is 2.61 bits per heavy atom. The third-order valence-electron chi connectivity index (χ3n) is 3.77. The Labute approximate surface area is 108 Å². The van der Waals surface area contributed by atoms with E-state index in [1.807, 2.05) is 18.2 Å². The van der Waals surface area contributed by atoms with Gasteiger partial charge in [-0.2, -0.15) is 0 Å². The van der Waals surface area contributed by atoms with Crippen LogP contribution in [0, 0.1) is 5.92 Å². The first-order chi connectivity index (χ1) is 8.84. The molecule has 1 aromatic carbocycles. The quantitative estimate of drug-likeness (QED) is 0.884. The third kappa shape index (κ3) is 2.56. The van der Waals surface area contributed by atoms with Gasteiger partial charge in [0.05, 0.1) is 6.04 Å². The smallest absolute Gasteiger partial charge is 0.249 e. The molecular formula is C15H19NO2. The number of ether oxygens (including phenoxy) is 1. The van der Waals surface area contributed by atoms with Gasteiger partial charge in [0.25, 0.3) is 0 Å². The van der Waals surface area contributed by atoms with Crippen molar-refractivity contribution in [3.8, 4) is 0 Å². The van der Waals surface area contributed by atoms with E-state index in [1.54, 1.807) is 0 Å². The number of hydrogen-bond acceptors (Lipinski definition) is 2. The average molecular weight is 245 g/mol. The first kappa shape index (κ1) is 11.7. The maximum atomic E-state index is 12.1. The molecule has 96 valence electrons. The predicted molar refractivity (Wildman–Crippen MR) is 69.0 cm³/mol. The van der Waals surface area contributed by atoms with Crippen LogP contribution in [0.5, 0.6) is 0 Å². The highest BCUT2D eigenvalue weighted by Gasteiger charge is 2.35. The highest BCUT2D eigenvalue weighted by atomic mass is 16.5. The molecule has 0 aromatic heterocycles. The van der Waals surface area contributed by atoms with Crippen LogP contribution in [0.4, 0.5) is 0 Å². The molecule has 2 atom stereocenters. The summed E-state index contributed by atoms with van der Waals surface area (Å²) in [6.07, 6.45) is 4.06. The van der Waals surface area contributed by atoms with Crippen molar-refractivity contribution in [3.63, 3.8) is 0 Å². The summed E-state index contributed by atoms with van der Waals surface area (Å²) in [5.41, 5.74) is 1.21.